The summed E-state index contributed by atoms with van der Waals surface area (Å²) in [7, 11) is 0. The lowest BCUT2D eigenvalue weighted by molar-refractivity contribution is 0.348. The number of aromatic nitrogens is 1. The molecule has 0 bridgehead atoms. The Morgan fingerprint density at radius 2 is 2.13 bits per heavy atom. The SMILES string of the molecule is NCC1(c2cc(C3CC3)on2)CCCC1. The van der Waals surface area contributed by atoms with Crippen LogP contribution in [-0.2, 0) is 5.41 Å². The number of hydrogen-bond acceptors (Lipinski definition) is 3. The third-order valence-corrected chi connectivity index (χ3v) is 4.00. The molecular formula is C12H18N2O. The Morgan fingerprint density at radius 1 is 1.40 bits per heavy atom. The van der Waals surface area contributed by atoms with Crippen LogP contribution in [0.1, 0.15) is 55.9 Å². The van der Waals surface area contributed by atoms with E-state index >= 15 is 0 Å². The van der Waals surface area contributed by atoms with Crippen LogP contribution in [0.4, 0.5) is 0 Å². The Hall–Kier alpha value is -0.830. The van der Waals surface area contributed by atoms with Gasteiger partial charge in [0.05, 0.1) is 5.69 Å². The summed E-state index contributed by atoms with van der Waals surface area (Å²) in [6.45, 7) is 0.712. The molecule has 0 atom stereocenters. The zero-order valence-electron chi connectivity index (χ0n) is 9.04. The van der Waals surface area contributed by atoms with Crippen LogP contribution in [0.25, 0.3) is 0 Å². The quantitative estimate of drug-likeness (QED) is 0.825. The van der Waals surface area contributed by atoms with E-state index in [4.69, 9.17) is 10.3 Å². The van der Waals surface area contributed by atoms with Crippen molar-refractivity contribution < 1.29 is 4.52 Å². The van der Waals surface area contributed by atoms with Crippen molar-refractivity contribution in [1.82, 2.24) is 5.16 Å². The van der Waals surface area contributed by atoms with Crippen LogP contribution in [-0.4, -0.2) is 11.7 Å². The molecule has 82 valence electrons. The first-order valence-electron chi connectivity index (χ1n) is 6.01. The zero-order valence-corrected chi connectivity index (χ0v) is 9.04. The van der Waals surface area contributed by atoms with Gasteiger partial charge >= 0.3 is 0 Å². The van der Waals surface area contributed by atoms with Crippen molar-refractivity contribution in [2.24, 2.45) is 5.73 Å². The Balaban J connectivity index is 1.88. The van der Waals surface area contributed by atoms with Crippen LogP contribution in [0, 0.1) is 0 Å². The molecule has 0 spiro atoms. The molecule has 3 heteroatoms. The second-order valence-electron chi connectivity index (χ2n) is 5.08. The first-order chi connectivity index (χ1) is 7.34. The highest BCUT2D eigenvalue weighted by Gasteiger charge is 2.38. The van der Waals surface area contributed by atoms with Crippen molar-refractivity contribution in [3.8, 4) is 0 Å². The second-order valence-corrected chi connectivity index (χ2v) is 5.08. The van der Waals surface area contributed by atoms with E-state index in [9.17, 15) is 0 Å². The van der Waals surface area contributed by atoms with Crippen LogP contribution >= 0.6 is 0 Å². The molecule has 2 aliphatic rings. The minimum Gasteiger partial charge on any atom is -0.361 e. The van der Waals surface area contributed by atoms with Crippen LogP contribution < -0.4 is 5.73 Å². The number of nitrogens with zero attached hydrogens (tertiary/aromatic N) is 1. The van der Waals surface area contributed by atoms with Gasteiger partial charge < -0.3 is 10.3 Å². The Morgan fingerprint density at radius 3 is 2.73 bits per heavy atom. The van der Waals surface area contributed by atoms with Crippen molar-refractivity contribution in [1.29, 1.82) is 0 Å². The van der Waals surface area contributed by atoms with Gasteiger partial charge in [0.15, 0.2) is 0 Å². The Labute approximate surface area is 90.0 Å². The highest BCUT2D eigenvalue weighted by atomic mass is 16.5. The molecule has 3 rings (SSSR count). The van der Waals surface area contributed by atoms with E-state index < -0.39 is 0 Å². The molecule has 0 radical (unpaired) electrons. The van der Waals surface area contributed by atoms with Crippen molar-refractivity contribution in [2.45, 2.75) is 49.9 Å². The smallest absolute Gasteiger partial charge is 0.140 e. The van der Waals surface area contributed by atoms with Gasteiger partial charge in [-0.1, -0.05) is 18.0 Å². The highest BCUT2D eigenvalue weighted by Crippen LogP contribution is 2.44. The van der Waals surface area contributed by atoms with Crippen molar-refractivity contribution >= 4 is 0 Å². The fourth-order valence-corrected chi connectivity index (χ4v) is 2.72. The molecule has 2 N–H and O–H groups in total. The van der Waals surface area contributed by atoms with E-state index in [2.05, 4.69) is 11.2 Å². The molecule has 1 heterocycles. The number of rotatable bonds is 3. The van der Waals surface area contributed by atoms with Crippen LogP contribution in [0.5, 0.6) is 0 Å². The van der Waals surface area contributed by atoms with E-state index in [-0.39, 0.29) is 5.41 Å². The molecule has 1 aromatic heterocycles. The molecule has 2 aliphatic carbocycles. The van der Waals surface area contributed by atoms with Crippen LogP contribution in [0.3, 0.4) is 0 Å². The predicted molar refractivity (Wildman–Crippen MR) is 57.7 cm³/mol. The van der Waals surface area contributed by atoms with Crippen molar-refractivity contribution in [2.75, 3.05) is 6.54 Å². The molecule has 0 aromatic carbocycles. The number of nitrogens with two attached hydrogens (primary N) is 1. The van der Waals surface area contributed by atoms with Gasteiger partial charge in [-0.05, 0) is 25.7 Å². The third-order valence-electron chi connectivity index (χ3n) is 4.00. The van der Waals surface area contributed by atoms with Gasteiger partial charge in [-0.15, -0.1) is 0 Å². The number of hydrogen-bond donors (Lipinski definition) is 1. The van der Waals surface area contributed by atoms with E-state index in [1.165, 1.54) is 38.5 Å². The van der Waals surface area contributed by atoms with Gasteiger partial charge in [-0.2, -0.15) is 0 Å². The fourth-order valence-electron chi connectivity index (χ4n) is 2.72. The lowest BCUT2D eigenvalue weighted by atomic mass is 9.82. The summed E-state index contributed by atoms with van der Waals surface area (Å²) >= 11 is 0. The first kappa shape index (κ1) is 9.40. The summed E-state index contributed by atoms with van der Waals surface area (Å²) in [5, 5.41) is 4.25. The summed E-state index contributed by atoms with van der Waals surface area (Å²) in [5.41, 5.74) is 7.17. The van der Waals surface area contributed by atoms with Crippen molar-refractivity contribution in [3.05, 3.63) is 17.5 Å². The zero-order chi connectivity index (χ0) is 10.3. The highest BCUT2D eigenvalue weighted by molar-refractivity contribution is 5.23. The minimum absolute atomic E-state index is 0.136. The summed E-state index contributed by atoms with van der Waals surface area (Å²) in [4.78, 5) is 0. The maximum Gasteiger partial charge on any atom is 0.140 e. The normalized spacial score (nSPS) is 24.6. The van der Waals surface area contributed by atoms with Gasteiger partial charge in [0, 0.05) is 23.9 Å². The molecule has 15 heavy (non-hydrogen) atoms. The van der Waals surface area contributed by atoms with E-state index in [1.54, 1.807) is 0 Å². The summed E-state index contributed by atoms with van der Waals surface area (Å²) in [5.74, 6) is 1.74. The first-order valence-corrected chi connectivity index (χ1v) is 6.01. The minimum atomic E-state index is 0.136. The van der Waals surface area contributed by atoms with Gasteiger partial charge in [0.1, 0.15) is 5.76 Å². The molecule has 3 nitrogen and oxygen atoms in total. The molecule has 1 aromatic rings. The van der Waals surface area contributed by atoms with E-state index in [0.29, 0.717) is 12.5 Å². The molecule has 0 aliphatic heterocycles. The maximum absolute atomic E-state index is 5.92. The lowest BCUT2D eigenvalue weighted by Crippen LogP contribution is -2.32. The predicted octanol–water partition coefficient (Wildman–Crippen LogP) is 2.32. The Bertz CT molecular complexity index is 348. The summed E-state index contributed by atoms with van der Waals surface area (Å²) in [6.07, 6.45) is 7.46. The van der Waals surface area contributed by atoms with E-state index in [0.717, 1.165) is 11.5 Å². The van der Waals surface area contributed by atoms with Gasteiger partial charge in [-0.25, -0.2) is 0 Å². The molecule has 0 unspecified atom stereocenters. The largest absolute Gasteiger partial charge is 0.361 e. The van der Waals surface area contributed by atoms with Crippen LogP contribution in [0.2, 0.25) is 0 Å². The molecule has 2 saturated carbocycles. The third kappa shape index (κ3) is 1.49. The molecule has 0 amide bonds. The Kier molecular flexibility index (Phi) is 2.09. The molecule has 0 saturated heterocycles. The molecule has 2 fully saturated rings. The van der Waals surface area contributed by atoms with Gasteiger partial charge in [0.25, 0.3) is 0 Å². The summed E-state index contributed by atoms with van der Waals surface area (Å²) in [6, 6.07) is 2.16. The maximum atomic E-state index is 5.92. The average molecular weight is 206 g/mol. The lowest BCUT2D eigenvalue weighted by Gasteiger charge is -2.23. The standard InChI is InChI=1S/C12H18N2O/c13-8-12(5-1-2-6-12)11-7-10(15-14-11)9-3-4-9/h7,9H,1-6,8,13H2. The van der Waals surface area contributed by atoms with Crippen LogP contribution in [0.15, 0.2) is 10.6 Å². The fraction of sp³-hybridized carbons (Fsp3) is 0.750. The van der Waals surface area contributed by atoms with Gasteiger partial charge in [-0.3, -0.25) is 0 Å². The van der Waals surface area contributed by atoms with Crippen molar-refractivity contribution in [3.63, 3.8) is 0 Å². The summed E-state index contributed by atoms with van der Waals surface area (Å²) < 4.78 is 5.42. The molecular weight excluding hydrogens is 188 g/mol. The second kappa shape index (κ2) is 3.34. The monoisotopic (exact) mass is 206 g/mol. The van der Waals surface area contributed by atoms with Gasteiger partial charge in [0.2, 0.25) is 0 Å². The average Bonchev–Trinajstić information content (AvgIpc) is 2.84. The topological polar surface area (TPSA) is 52.0 Å². The van der Waals surface area contributed by atoms with E-state index in [1.807, 2.05) is 0 Å².